The largest absolute Gasteiger partial charge is 0.319 e. The summed E-state index contributed by atoms with van der Waals surface area (Å²) in [5.74, 6) is -0.160. The van der Waals surface area contributed by atoms with E-state index >= 15 is 0 Å². The number of aromatic nitrogens is 1. The highest BCUT2D eigenvalue weighted by molar-refractivity contribution is 7.90. The average Bonchev–Trinajstić information content (AvgIpc) is 2.43. The van der Waals surface area contributed by atoms with Crippen molar-refractivity contribution in [2.24, 2.45) is 7.05 Å². The second-order valence-electron chi connectivity index (χ2n) is 4.99. The van der Waals surface area contributed by atoms with Gasteiger partial charge in [0.1, 0.15) is 0 Å². The van der Waals surface area contributed by atoms with E-state index in [0.717, 1.165) is 0 Å². The molecule has 0 fully saturated rings. The third kappa shape index (κ3) is 3.74. The van der Waals surface area contributed by atoms with Crippen molar-refractivity contribution in [1.82, 2.24) is 4.57 Å². The predicted octanol–water partition coefficient (Wildman–Crippen LogP) is 2.71. The van der Waals surface area contributed by atoms with Crippen molar-refractivity contribution in [3.05, 3.63) is 69.1 Å². The summed E-state index contributed by atoms with van der Waals surface area (Å²) in [6, 6.07) is 9.74. The minimum absolute atomic E-state index is 0.160. The van der Waals surface area contributed by atoms with E-state index in [1.165, 1.54) is 10.6 Å². The number of pyridine rings is 1. The van der Waals surface area contributed by atoms with E-state index in [9.17, 15) is 13.2 Å². The minimum Gasteiger partial charge on any atom is -0.319 e. The molecule has 1 aromatic heterocycles. The summed E-state index contributed by atoms with van der Waals surface area (Å²) in [7, 11) is -1.78. The number of sulfone groups is 1. The van der Waals surface area contributed by atoms with Gasteiger partial charge in [-0.2, -0.15) is 0 Å². The van der Waals surface area contributed by atoms with E-state index in [1.54, 1.807) is 50.5 Å². The lowest BCUT2D eigenvalue weighted by molar-refractivity contribution is 0.585. The molecular formula is C15H16ClNO3S. The van der Waals surface area contributed by atoms with Crippen LogP contribution in [0.15, 0.2) is 47.4 Å². The molecule has 6 heteroatoms. The maximum absolute atomic E-state index is 12.4. The number of hydrogen-bond donors (Lipinski definition) is 0. The summed E-state index contributed by atoms with van der Waals surface area (Å²) < 4.78 is 26.3. The molecular weight excluding hydrogens is 310 g/mol. The van der Waals surface area contributed by atoms with Crippen LogP contribution in [0.5, 0.6) is 0 Å². The van der Waals surface area contributed by atoms with Crippen LogP contribution in [0.1, 0.15) is 23.3 Å². The Morgan fingerprint density at radius 2 is 1.81 bits per heavy atom. The van der Waals surface area contributed by atoms with Crippen LogP contribution in [0.25, 0.3) is 0 Å². The van der Waals surface area contributed by atoms with Crippen LogP contribution < -0.4 is 5.56 Å². The van der Waals surface area contributed by atoms with E-state index in [1.807, 2.05) is 0 Å². The molecule has 0 aliphatic heterocycles. The fourth-order valence-corrected chi connectivity index (χ4v) is 3.57. The van der Waals surface area contributed by atoms with Gasteiger partial charge in [-0.25, -0.2) is 8.42 Å². The summed E-state index contributed by atoms with van der Waals surface area (Å²) in [4.78, 5) is 11.6. The lowest BCUT2D eigenvalue weighted by Gasteiger charge is -2.13. The Bertz CT molecular complexity index is 794. The molecule has 2 aromatic rings. The van der Waals surface area contributed by atoms with E-state index in [4.69, 9.17) is 11.6 Å². The second-order valence-corrected chi connectivity index (χ2v) is 7.74. The number of halogens is 1. The zero-order chi connectivity index (χ0) is 15.6. The molecule has 0 saturated heterocycles. The van der Waals surface area contributed by atoms with Crippen LogP contribution >= 0.6 is 11.6 Å². The van der Waals surface area contributed by atoms with Crippen LogP contribution in [-0.4, -0.2) is 13.0 Å². The molecule has 1 atom stereocenters. The van der Waals surface area contributed by atoms with Crippen molar-refractivity contribution in [3.8, 4) is 0 Å². The number of rotatable bonds is 4. The summed E-state index contributed by atoms with van der Waals surface area (Å²) >= 11 is 5.81. The topological polar surface area (TPSA) is 56.1 Å². The van der Waals surface area contributed by atoms with E-state index < -0.39 is 15.1 Å². The molecule has 0 radical (unpaired) electrons. The Kier molecular flexibility index (Phi) is 4.54. The molecule has 1 aromatic carbocycles. The normalized spacial score (nSPS) is 13.1. The molecule has 0 spiro atoms. The van der Waals surface area contributed by atoms with Gasteiger partial charge < -0.3 is 4.57 Å². The first-order valence-electron chi connectivity index (χ1n) is 6.42. The quantitative estimate of drug-likeness (QED) is 0.868. The van der Waals surface area contributed by atoms with E-state index in [2.05, 4.69) is 0 Å². The Morgan fingerprint density at radius 1 is 1.19 bits per heavy atom. The van der Waals surface area contributed by atoms with Crippen molar-refractivity contribution in [1.29, 1.82) is 0 Å². The number of hydrogen-bond acceptors (Lipinski definition) is 3. The van der Waals surface area contributed by atoms with Gasteiger partial charge in [-0.15, -0.1) is 0 Å². The average molecular weight is 326 g/mol. The molecule has 0 unspecified atom stereocenters. The highest BCUT2D eigenvalue weighted by Crippen LogP contribution is 2.26. The Balaban J connectivity index is 2.27. The van der Waals surface area contributed by atoms with Gasteiger partial charge in [0.2, 0.25) is 0 Å². The molecule has 2 rings (SSSR count). The second kappa shape index (κ2) is 6.03. The van der Waals surface area contributed by atoms with Crippen molar-refractivity contribution < 1.29 is 8.42 Å². The highest BCUT2D eigenvalue weighted by atomic mass is 35.5. The van der Waals surface area contributed by atoms with Gasteiger partial charge in [0.15, 0.2) is 9.84 Å². The maximum atomic E-state index is 12.4. The summed E-state index contributed by atoms with van der Waals surface area (Å²) in [6.07, 6.45) is 1.57. The first-order valence-corrected chi connectivity index (χ1v) is 8.51. The van der Waals surface area contributed by atoms with Crippen LogP contribution in [-0.2, 0) is 22.6 Å². The molecule has 0 aliphatic carbocycles. The van der Waals surface area contributed by atoms with Gasteiger partial charge in [0.25, 0.3) is 5.56 Å². The van der Waals surface area contributed by atoms with Crippen LogP contribution in [0, 0.1) is 0 Å². The molecule has 1 heterocycles. The molecule has 0 aliphatic rings. The third-order valence-electron chi connectivity index (χ3n) is 3.41. The standard InChI is InChI=1S/C15H16ClNO3S/c1-11(13-3-5-14(16)6-4-13)21(19,20)10-12-7-8-17(2)15(18)9-12/h3-9,11H,10H2,1-2H3/t11-/m0/s1. The lowest BCUT2D eigenvalue weighted by Crippen LogP contribution is -2.18. The fourth-order valence-electron chi connectivity index (χ4n) is 1.98. The van der Waals surface area contributed by atoms with Gasteiger partial charge in [0.05, 0.1) is 11.0 Å². The van der Waals surface area contributed by atoms with Gasteiger partial charge in [-0.1, -0.05) is 23.7 Å². The zero-order valence-corrected chi connectivity index (χ0v) is 13.4. The van der Waals surface area contributed by atoms with Crippen molar-refractivity contribution in [3.63, 3.8) is 0 Å². The van der Waals surface area contributed by atoms with Gasteiger partial charge in [-0.05, 0) is 36.2 Å². The highest BCUT2D eigenvalue weighted by Gasteiger charge is 2.23. The molecule has 21 heavy (non-hydrogen) atoms. The molecule has 4 nitrogen and oxygen atoms in total. The van der Waals surface area contributed by atoms with Crippen molar-refractivity contribution in [2.45, 2.75) is 17.9 Å². The summed E-state index contributed by atoms with van der Waals surface area (Å²) in [5, 5.41) is -0.0891. The first kappa shape index (κ1) is 15.8. The molecule has 0 N–H and O–H groups in total. The smallest absolute Gasteiger partial charge is 0.250 e. The fraction of sp³-hybridized carbons (Fsp3) is 0.267. The Morgan fingerprint density at radius 3 is 2.38 bits per heavy atom. The van der Waals surface area contributed by atoms with Crippen molar-refractivity contribution in [2.75, 3.05) is 0 Å². The molecule has 0 amide bonds. The minimum atomic E-state index is -3.40. The summed E-state index contributed by atoms with van der Waals surface area (Å²) in [5.41, 5.74) is 0.962. The molecule has 0 saturated carbocycles. The SMILES string of the molecule is C[C@@H](c1ccc(Cl)cc1)S(=O)(=O)Cc1ccn(C)c(=O)c1. The van der Waals surface area contributed by atoms with E-state index in [0.29, 0.717) is 16.1 Å². The molecule has 0 bridgehead atoms. The zero-order valence-electron chi connectivity index (χ0n) is 11.8. The number of aryl methyl sites for hydroxylation is 1. The number of benzene rings is 1. The molecule has 112 valence electrons. The third-order valence-corrected chi connectivity index (χ3v) is 5.75. The van der Waals surface area contributed by atoms with Crippen LogP contribution in [0.2, 0.25) is 5.02 Å². The number of nitrogens with zero attached hydrogens (tertiary/aromatic N) is 1. The van der Waals surface area contributed by atoms with Crippen LogP contribution in [0.3, 0.4) is 0 Å². The first-order chi connectivity index (χ1) is 9.79. The monoisotopic (exact) mass is 325 g/mol. The Hall–Kier alpha value is -1.59. The van der Waals surface area contributed by atoms with E-state index in [-0.39, 0.29) is 11.3 Å². The Labute approximate surface area is 128 Å². The van der Waals surface area contributed by atoms with Gasteiger partial charge in [-0.3, -0.25) is 4.79 Å². The van der Waals surface area contributed by atoms with Gasteiger partial charge in [0, 0.05) is 24.3 Å². The maximum Gasteiger partial charge on any atom is 0.250 e. The predicted molar refractivity (Wildman–Crippen MR) is 84.2 cm³/mol. The van der Waals surface area contributed by atoms with Crippen LogP contribution in [0.4, 0.5) is 0 Å². The lowest BCUT2D eigenvalue weighted by atomic mass is 10.2. The summed E-state index contributed by atoms with van der Waals surface area (Å²) in [6.45, 7) is 1.64. The van der Waals surface area contributed by atoms with Gasteiger partial charge >= 0.3 is 0 Å². The van der Waals surface area contributed by atoms with Crippen molar-refractivity contribution >= 4 is 21.4 Å².